The zero-order valence-electron chi connectivity index (χ0n) is 11.4. The molecule has 0 saturated heterocycles. The van der Waals surface area contributed by atoms with Crippen molar-refractivity contribution in [2.75, 3.05) is 6.61 Å². The van der Waals surface area contributed by atoms with Crippen LogP contribution in [-0.4, -0.2) is 28.2 Å². The maximum absolute atomic E-state index is 12.5. The number of allylic oxidation sites excluding steroid dienone is 1. The van der Waals surface area contributed by atoms with E-state index in [2.05, 4.69) is 0 Å². The monoisotopic (exact) mass is 250 g/mol. The van der Waals surface area contributed by atoms with E-state index < -0.39 is 5.60 Å². The van der Waals surface area contributed by atoms with E-state index in [-0.39, 0.29) is 29.1 Å². The molecule has 3 rings (SSSR count). The second-order valence-electron chi connectivity index (χ2n) is 7.09. The van der Waals surface area contributed by atoms with Crippen LogP contribution in [0.25, 0.3) is 0 Å². The van der Waals surface area contributed by atoms with Crippen molar-refractivity contribution in [3.8, 4) is 0 Å². The zero-order chi connectivity index (χ0) is 13.3. The van der Waals surface area contributed by atoms with Gasteiger partial charge in [0, 0.05) is 17.9 Å². The molecule has 1 saturated carbocycles. The molecule has 0 heterocycles. The third-order valence-electron chi connectivity index (χ3n) is 5.82. The summed E-state index contributed by atoms with van der Waals surface area (Å²) in [4.78, 5) is 12.5. The number of rotatable bonds is 1. The summed E-state index contributed by atoms with van der Waals surface area (Å²) in [5.74, 6) is 0.137. The van der Waals surface area contributed by atoms with E-state index in [9.17, 15) is 15.0 Å². The van der Waals surface area contributed by atoms with Crippen molar-refractivity contribution >= 4 is 5.78 Å². The van der Waals surface area contributed by atoms with Crippen LogP contribution in [0.15, 0.2) is 11.1 Å². The van der Waals surface area contributed by atoms with Gasteiger partial charge in [0.2, 0.25) is 0 Å². The summed E-state index contributed by atoms with van der Waals surface area (Å²) in [5, 5.41) is 20.5. The lowest BCUT2D eigenvalue weighted by Crippen LogP contribution is -2.48. The van der Waals surface area contributed by atoms with Crippen molar-refractivity contribution in [2.24, 2.45) is 16.7 Å². The van der Waals surface area contributed by atoms with Gasteiger partial charge in [0.15, 0.2) is 5.78 Å². The largest absolute Gasteiger partial charge is 0.396 e. The van der Waals surface area contributed by atoms with Gasteiger partial charge in [-0.2, -0.15) is 0 Å². The van der Waals surface area contributed by atoms with Crippen molar-refractivity contribution in [2.45, 2.75) is 52.1 Å². The summed E-state index contributed by atoms with van der Waals surface area (Å²) >= 11 is 0. The molecule has 0 bridgehead atoms. The lowest BCUT2D eigenvalue weighted by molar-refractivity contribution is -0.127. The summed E-state index contributed by atoms with van der Waals surface area (Å²) in [5.41, 5.74) is 0.387. The third kappa shape index (κ3) is 1.24. The predicted octanol–water partition coefficient (Wildman–Crippen LogP) is 1.83. The average Bonchev–Trinajstić information content (AvgIpc) is 3.05. The van der Waals surface area contributed by atoms with Crippen LogP contribution in [0.1, 0.15) is 46.5 Å². The minimum atomic E-state index is -0.859. The van der Waals surface area contributed by atoms with Crippen LogP contribution in [0.4, 0.5) is 0 Å². The molecule has 0 aliphatic heterocycles. The zero-order valence-corrected chi connectivity index (χ0v) is 11.4. The van der Waals surface area contributed by atoms with Crippen LogP contribution in [0.2, 0.25) is 0 Å². The van der Waals surface area contributed by atoms with Gasteiger partial charge in [-0.05, 0) is 49.2 Å². The maximum Gasteiger partial charge on any atom is 0.162 e. The summed E-state index contributed by atoms with van der Waals surface area (Å²) in [6, 6.07) is 0. The number of aliphatic hydroxyl groups is 2. The number of carbonyl (C=O) groups excluding carboxylic acids is 1. The summed E-state index contributed by atoms with van der Waals surface area (Å²) < 4.78 is 0. The molecule has 0 aromatic heterocycles. The quantitative estimate of drug-likeness (QED) is 0.746. The highest BCUT2D eigenvalue weighted by Gasteiger charge is 2.67. The van der Waals surface area contributed by atoms with Crippen LogP contribution in [0.5, 0.6) is 0 Å². The third-order valence-corrected chi connectivity index (χ3v) is 5.82. The van der Waals surface area contributed by atoms with Gasteiger partial charge in [-0.3, -0.25) is 4.79 Å². The van der Waals surface area contributed by atoms with Gasteiger partial charge >= 0.3 is 0 Å². The lowest BCUT2D eigenvalue weighted by Gasteiger charge is -2.43. The Morgan fingerprint density at radius 1 is 1.28 bits per heavy atom. The number of aliphatic hydroxyl groups excluding tert-OH is 1. The van der Waals surface area contributed by atoms with Crippen LogP contribution < -0.4 is 0 Å². The molecular weight excluding hydrogens is 228 g/mol. The first-order valence-corrected chi connectivity index (χ1v) is 6.87. The van der Waals surface area contributed by atoms with Crippen LogP contribution in [0, 0.1) is 16.7 Å². The van der Waals surface area contributed by atoms with Gasteiger partial charge in [-0.1, -0.05) is 13.8 Å². The molecular formula is C15H22O3. The van der Waals surface area contributed by atoms with E-state index >= 15 is 0 Å². The molecule has 0 radical (unpaired) electrons. The molecule has 3 atom stereocenters. The van der Waals surface area contributed by atoms with Crippen molar-refractivity contribution in [1.82, 2.24) is 0 Å². The maximum atomic E-state index is 12.5. The summed E-state index contributed by atoms with van der Waals surface area (Å²) in [6.07, 6.45) is 3.17. The van der Waals surface area contributed by atoms with Gasteiger partial charge in [0.1, 0.15) is 0 Å². The molecule has 2 N–H and O–H groups in total. The van der Waals surface area contributed by atoms with Crippen molar-refractivity contribution in [3.05, 3.63) is 11.1 Å². The predicted molar refractivity (Wildman–Crippen MR) is 67.9 cm³/mol. The average molecular weight is 250 g/mol. The fourth-order valence-electron chi connectivity index (χ4n) is 4.23. The van der Waals surface area contributed by atoms with E-state index in [0.717, 1.165) is 24.0 Å². The van der Waals surface area contributed by atoms with Crippen molar-refractivity contribution in [1.29, 1.82) is 0 Å². The number of hydrogen-bond acceptors (Lipinski definition) is 3. The van der Waals surface area contributed by atoms with E-state index in [4.69, 9.17) is 0 Å². The molecule has 3 nitrogen and oxygen atoms in total. The number of carbonyl (C=O) groups is 1. The minimum Gasteiger partial charge on any atom is -0.396 e. The number of ketones is 1. The smallest absolute Gasteiger partial charge is 0.162 e. The van der Waals surface area contributed by atoms with Gasteiger partial charge in [-0.25, -0.2) is 0 Å². The molecule has 3 aliphatic carbocycles. The normalized spacial score (nSPS) is 45.6. The van der Waals surface area contributed by atoms with E-state index in [1.165, 1.54) is 0 Å². The van der Waals surface area contributed by atoms with E-state index in [1.54, 1.807) is 0 Å². The number of Topliss-reactive ketones (excluding diaryl/α,β-unsaturated/α-hetero) is 1. The highest BCUT2D eigenvalue weighted by molar-refractivity contribution is 6.01. The fraction of sp³-hybridized carbons (Fsp3) is 0.800. The molecule has 1 spiro atoms. The summed E-state index contributed by atoms with van der Waals surface area (Å²) in [7, 11) is 0. The number of hydrogen-bond donors (Lipinski definition) is 2. The Morgan fingerprint density at radius 3 is 2.39 bits per heavy atom. The Balaban J connectivity index is 2.09. The Bertz CT molecular complexity index is 456. The molecule has 100 valence electrons. The molecule has 0 unspecified atom stereocenters. The Kier molecular flexibility index (Phi) is 2.24. The SMILES string of the molecule is C[C@@H]1C(=O)C2=C(C[C@@](C)(CO)C2)[C@](C)(O)C12CC2. The van der Waals surface area contributed by atoms with Crippen LogP contribution >= 0.6 is 0 Å². The van der Waals surface area contributed by atoms with E-state index in [1.807, 2.05) is 20.8 Å². The molecule has 0 amide bonds. The van der Waals surface area contributed by atoms with Gasteiger partial charge in [-0.15, -0.1) is 0 Å². The molecule has 1 fully saturated rings. The standard InChI is InChI=1S/C15H22O3/c1-9-12(17)10-6-13(2,8-16)7-11(10)14(3,18)15(9)4-5-15/h9,16,18H,4-8H2,1-3H3/t9-,13+,14+/m1/s1. The second-order valence-corrected chi connectivity index (χ2v) is 7.09. The second kappa shape index (κ2) is 3.26. The Hall–Kier alpha value is -0.670. The molecule has 3 heteroatoms. The first kappa shape index (κ1) is 12.4. The van der Waals surface area contributed by atoms with Gasteiger partial charge in [0.05, 0.1) is 5.60 Å². The summed E-state index contributed by atoms with van der Waals surface area (Å²) in [6.45, 7) is 5.91. The first-order chi connectivity index (χ1) is 8.27. The van der Waals surface area contributed by atoms with Crippen LogP contribution in [0.3, 0.4) is 0 Å². The lowest BCUT2D eigenvalue weighted by atomic mass is 9.64. The fourth-order valence-corrected chi connectivity index (χ4v) is 4.23. The Labute approximate surface area is 108 Å². The molecule has 0 aromatic carbocycles. The first-order valence-electron chi connectivity index (χ1n) is 6.87. The molecule has 3 aliphatic rings. The van der Waals surface area contributed by atoms with Gasteiger partial charge < -0.3 is 10.2 Å². The van der Waals surface area contributed by atoms with Gasteiger partial charge in [0.25, 0.3) is 0 Å². The van der Waals surface area contributed by atoms with Crippen molar-refractivity contribution < 1.29 is 15.0 Å². The van der Waals surface area contributed by atoms with Crippen molar-refractivity contribution in [3.63, 3.8) is 0 Å². The Morgan fingerprint density at radius 2 is 1.89 bits per heavy atom. The topological polar surface area (TPSA) is 57.5 Å². The van der Waals surface area contributed by atoms with E-state index in [0.29, 0.717) is 12.8 Å². The minimum absolute atomic E-state index is 0.0741. The highest BCUT2D eigenvalue weighted by Crippen LogP contribution is 2.67. The molecule has 18 heavy (non-hydrogen) atoms. The molecule has 0 aromatic rings. The van der Waals surface area contributed by atoms with Crippen LogP contribution in [-0.2, 0) is 4.79 Å². The highest BCUT2D eigenvalue weighted by atomic mass is 16.3.